The van der Waals surface area contributed by atoms with Gasteiger partial charge in [0.1, 0.15) is 5.75 Å². The van der Waals surface area contributed by atoms with Crippen LogP contribution in [0.15, 0.2) is 41.3 Å². The van der Waals surface area contributed by atoms with E-state index >= 15 is 0 Å². The molecule has 2 aromatic rings. The van der Waals surface area contributed by atoms with Crippen molar-refractivity contribution in [2.45, 2.75) is 50.0 Å². The highest BCUT2D eigenvalue weighted by atomic mass is 32.2. The first kappa shape index (κ1) is 20.5. The predicted octanol–water partition coefficient (Wildman–Crippen LogP) is 4.91. The van der Waals surface area contributed by atoms with Gasteiger partial charge in [0.2, 0.25) is 5.13 Å². The molecule has 0 saturated carbocycles. The molecule has 0 spiro atoms. The summed E-state index contributed by atoms with van der Waals surface area (Å²) in [6.45, 7) is 12.1. The fraction of sp³-hybridized carbons (Fsp3) is 0.421. The van der Waals surface area contributed by atoms with Crippen molar-refractivity contribution in [2.75, 3.05) is 11.1 Å². The number of nitrogens with one attached hydrogen (secondary N) is 1. The van der Waals surface area contributed by atoms with Crippen molar-refractivity contribution in [1.82, 2.24) is 10.2 Å². The molecule has 140 valence electrons. The van der Waals surface area contributed by atoms with E-state index in [9.17, 15) is 4.79 Å². The Labute approximate surface area is 163 Å². The number of nitrogens with zero attached hydrogens (tertiary/aromatic N) is 2. The minimum atomic E-state index is -0.580. The first-order valence-corrected chi connectivity index (χ1v) is 10.3. The summed E-state index contributed by atoms with van der Waals surface area (Å²) in [5.74, 6) is 1.22. The zero-order valence-corrected chi connectivity index (χ0v) is 17.2. The summed E-state index contributed by atoms with van der Waals surface area (Å²) in [5.41, 5.74) is 1.31. The van der Waals surface area contributed by atoms with Crippen LogP contribution >= 0.6 is 23.1 Å². The number of carbonyl (C=O) groups is 1. The van der Waals surface area contributed by atoms with Crippen molar-refractivity contribution in [3.05, 3.63) is 42.5 Å². The van der Waals surface area contributed by atoms with E-state index in [1.807, 2.05) is 31.2 Å². The Morgan fingerprint density at radius 1 is 1.35 bits per heavy atom. The number of aromatic nitrogens is 2. The maximum Gasteiger partial charge on any atom is 0.267 e. The number of hydrogen-bond donors (Lipinski definition) is 1. The van der Waals surface area contributed by atoms with Crippen LogP contribution in [0.2, 0.25) is 0 Å². The van der Waals surface area contributed by atoms with Crippen molar-refractivity contribution >= 4 is 34.1 Å². The van der Waals surface area contributed by atoms with Gasteiger partial charge in [0.15, 0.2) is 10.4 Å². The average Bonchev–Trinajstić information content (AvgIpc) is 3.04. The van der Waals surface area contributed by atoms with Crippen LogP contribution in [0.1, 0.15) is 39.7 Å². The summed E-state index contributed by atoms with van der Waals surface area (Å²) in [6, 6.07) is 7.89. The molecule has 0 aliphatic carbocycles. The number of anilines is 1. The molecule has 1 amide bonds. The molecule has 0 aliphatic rings. The molecule has 26 heavy (non-hydrogen) atoms. The fourth-order valence-electron chi connectivity index (χ4n) is 2.15. The Kier molecular flexibility index (Phi) is 7.23. The second-order valence-electron chi connectivity index (χ2n) is 6.75. The van der Waals surface area contributed by atoms with E-state index in [2.05, 4.69) is 42.9 Å². The normalized spacial score (nSPS) is 12.5. The molecule has 1 N–H and O–H groups in total. The van der Waals surface area contributed by atoms with Crippen LogP contribution in [0.5, 0.6) is 5.75 Å². The Balaban J connectivity index is 1.97. The van der Waals surface area contributed by atoms with Gasteiger partial charge in [-0.05, 0) is 29.5 Å². The summed E-state index contributed by atoms with van der Waals surface area (Å²) in [7, 11) is 0. The van der Waals surface area contributed by atoms with Crippen LogP contribution in [-0.2, 0) is 10.2 Å². The number of rotatable bonds is 8. The monoisotopic (exact) mass is 391 g/mol. The van der Waals surface area contributed by atoms with Gasteiger partial charge in [0.05, 0.1) is 0 Å². The number of carbonyl (C=O) groups excluding carboxylic acids is 1. The van der Waals surface area contributed by atoms with Crippen LogP contribution in [0, 0.1) is 0 Å². The molecular weight excluding hydrogens is 366 g/mol. The molecule has 1 atom stereocenters. The third-order valence-electron chi connectivity index (χ3n) is 3.62. The lowest BCUT2D eigenvalue weighted by Gasteiger charge is -2.20. The van der Waals surface area contributed by atoms with E-state index in [0.29, 0.717) is 17.3 Å². The fourth-order valence-corrected chi connectivity index (χ4v) is 3.67. The third-order valence-corrected chi connectivity index (χ3v) is 5.59. The van der Waals surface area contributed by atoms with Gasteiger partial charge in [-0.3, -0.25) is 10.1 Å². The van der Waals surface area contributed by atoms with E-state index in [1.54, 1.807) is 6.08 Å². The molecule has 0 unspecified atom stereocenters. The molecule has 1 aromatic carbocycles. The lowest BCUT2D eigenvalue weighted by molar-refractivity contribution is -0.122. The zero-order valence-electron chi connectivity index (χ0n) is 15.6. The quantitative estimate of drug-likeness (QED) is 0.393. The standard InChI is InChI=1S/C19H25N3O2S2/c1-6-12-25-18-22-21-17(26-18)20-16(23)15(7-2)24-14-10-8-13(9-11-14)19(3,4)5/h6,8-11,15H,1,7,12H2,2-5H3,(H,20,21,23)/t15-/m1/s1. The summed E-state index contributed by atoms with van der Waals surface area (Å²) in [4.78, 5) is 12.5. The van der Waals surface area contributed by atoms with Gasteiger partial charge >= 0.3 is 0 Å². The van der Waals surface area contributed by atoms with Crippen molar-refractivity contribution < 1.29 is 9.53 Å². The van der Waals surface area contributed by atoms with E-state index < -0.39 is 6.10 Å². The number of hydrogen-bond acceptors (Lipinski definition) is 6. The number of amides is 1. The van der Waals surface area contributed by atoms with Crippen LogP contribution in [0.25, 0.3) is 0 Å². The highest BCUT2D eigenvalue weighted by Crippen LogP contribution is 2.27. The van der Waals surface area contributed by atoms with E-state index in [1.165, 1.54) is 28.7 Å². The van der Waals surface area contributed by atoms with Crippen molar-refractivity contribution in [1.29, 1.82) is 0 Å². The van der Waals surface area contributed by atoms with Crippen LogP contribution in [0.4, 0.5) is 5.13 Å². The zero-order chi connectivity index (χ0) is 19.2. The summed E-state index contributed by atoms with van der Waals surface area (Å²) in [6.07, 6.45) is 1.78. The van der Waals surface area contributed by atoms with Crippen LogP contribution in [0.3, 0.4) is 0 Å². The summed E-state index contributed by atoms with van der Waals surface area (Å²) < 4.78 is 6.66. The lowest BCUT2D eigenvalue weighted by Crippen LogP contribution is -2.32. The van der Waals surface area contributed by atoms with Gasteiger partial charge in [-0.15, -0.1) is 16.8 Å². The molecule has 0 saturated heterocycles. The van der Waals surface area contributed by atoms with Crippen molar-refractivity contribution in [3.8, 4) is 5.75 Å². The van der Waals surface area contributed by atoms with Crippen molar-refractivity contribution in [3.63, 3.8) is 0 Å². The Morgan fingerprint density at radius 2 is 2.04 bits per heavy atom. The van der Waals surface area contributed by atoms with Gasteiger partial charge in [-0.25, -0.2) is 0 Å². The first-order valence-electron chi connectivity index (χ1n) is 8.48. The molecule has 0 radical (unpaired) electrons. The first-order chi connectivity index (χ1) is 12.3. The van der Waals surface area contributed by atoms with Gasteiger partial charge in [0.25, 0.3) is 5.91 Å². The number of benzene rings is 1. The highest BCUT2D eigenvalue weighted by molar-refractivity contribution is 8.01. The molecule has 1 heterocycles. The van der Waals surface area contributed by atoms with E-state index in [-0.39, 0.29) is 11.3 Å². The lowest BCUT2D eigenvalue weighted by atomic mass is 9.87. The molecule has 0 aliphatic heterocycles. The Hall–Kier alpha value is -1.86. The Bertz CT molecular complexity index is 736. The number of ether oxygens (including phenoxy) is 1. The minimum absolute atomic E-state index is 0.0826. The molecular formula is C19H25N3O2S2. The molecule has 7 heteroatoms. The smallest absolute Gasteiger partial charge is 0.267 e. The molecule has 2 rings (SSSR count). The number of thioether (sulfide) groups is 1. The van der Waals surface area contributed by atoms with Gasteiger partial charge < -0.3 is 4.74 Å². The molecule has 0 fully saturated rings. The van der Waals surface area contributed by atoms with E-state index in [0.717, 1.165) is 10.1 Å². The molecule has 5 nitrogen and oxygen atoms in total. The van der Waals surface area contributed by atoms with Gasteiger partial charge in [-0.1, -0.05) is 69.0 Å². The van der Waals surface area contributed by atoms with Gasteiger partial charge in [-0.2, -0.15) is 0 Å². The maximum atomic E-state index is 12.5. The predicted molar refractivity (Wildman–Crippen MR) is 109 cm³/mol. The average molecular weight is 392 g/mol. The molecule has 0 bridgehead atoms. The third kappa shape index (κ3) is 5.85. The van der Waals surface area contributed by atoms with Crippen LogP contribution < -0.4 is 10.1 Å². The second-order valence-corrected chi connectivity index (χ2v) is 9.00. The van der Waals surface area contributed by atoms with Gasteiger partial charge in [0, 0.05) is 5.75 Å². The SMILES string of the molecule is C=CCSc1nnc(NC(=O)[C@@H](CC)Oc2ccc(C(C)(C)C)cc2)s1. The van der Waals surface area contributed by atoms with Crippen LogP contribution in [-0.4, -0.2) is 28.0 Å². The topological polar surface area (TPSA) is 64.1 Å². The maximum absolute atomic E-state index is 12.5. The summed E-state index contributed by atoms with van der Waals surface area (Å²) >= 11 is 2.88. The highest BCUT2D eigenvalue weighted by Gasteiger charge is 2.21. The molecule has 1 aromatic heterocycles. The summed E-state index contributed by atoms with van der Waals surface area (Å²) in [5, 5.41) is 11.3. The largest absolute Gasteiger partial charge is 0.481 e. The Morgan fingerprint density at radius 3 is 2.62 bits per heavy atom. The van der Waals surface area contributed by atoms with E-state index in [4.69, 9.17) is 4.74 Å². The second kappa shape index (κ2) is 9.19. The van der Waals surface area contributed by atoms with Crippen molar-refractivity contribution in [2.24, 2.45) is 0 Å². The minimum Gasteiger partial charge on any atom is -0.481 e.